The quantitative estimate of drug-likeness (QED) is 0.665. The van der Waals surface area contributed by atoms with Crippen LogP contribution < -0.4 is 5.32 Å². The monoisotopic (exact) mass is 345 g/mol. The standard InChI is InChI=1S/C11H6BrClFN3O2/c12-6-3-10(17(18)19)11(15-5-6)16-7-1-2-9(14)8(13)4-7/h1-5H,(H,15,16). The number of nitrogens with zero attached hydrogens (tertiary/aromatic N) is 2. The molecule has 0 aliphatic heterocycles. The first-order chi connectivity index (χ1) is 8.97. The molecule has 0 atom stereocenters. The van der Waals surface area contributed by atoms with Gasteiger partial charge in [-0.05, 0) is 34.1 Å². The summed E-state index contributed by atoms with van der Waals surface area (Å²) in [5, 5.41) is 13.5. The van der Waals surface area contributed by atoms with Crippen LogP contribution in [-0.4, -0.2) is 9.91 Å². The molecule has 1 heterocycles. The van der Waals surface area contributed by atoms with Crippen LogP contribution in [0.15, 0.2) is 34.9 Å². The number of nitro groups is 1. The fourth-order valence-corrected chi connectivity index (χ4v) is 1.87. The van der Waals surface area contributed by atoms with Crippen LogP contribution in [0.25, 0.3) is 0 Å². The van der Waals surface area contributed by atoms with Crippen LogP contribution in [0.5, 0.6) is 0 Å². The summed E-state index contributed by atoms with van der Waals surface area (Å²) < 4.78 is 13.5. The highest BCUT2D eigenvalue weighted by atomic mass is 79.9. The molecule has 0 radical (unpaired) electrons. The first-order valence-corrected chi connectivity index (χ1v) is 6.16. The SMILES string of the molecule is O=[N+]([O-])c1cc(Br)cnc1Nc1ccc(F)c(Cl)c1. The molecule has 0 aliphatic carbocycles. The molecule has 0 amide bonds. The molecule has 8 heteroatoms. The summed E-state index contributed by atoms with van der Waals surface area (Å²) in [6.45, 7) is 0. The van der Waals surface area contributed by atoms with Gasteiger partial charge in [0.05, 0.1) is 9.95 Å². The first kappa shape index (κ1) is 13.7. The van der Waals surface area contributed by atoms with E-state index in [1.165, 1.54) is 24.4 Å². The Bertz CT molecular complexity index is 654. The van der Waals surface area contributed by atoms with Crippen molar-refractivity contribution in [1.29, 1.82) is 0 Å². The first-order valence-electron chi connectivity index (χ1n) is 4.99. The Morgan fingerprint density at radius 3 is 2.79 bits per heavy atom. The fourth-order valence-electron chi connectivity index (χ4n) is 1.37. The maximum absolute atomic E-state index is 13.0. The van der Waals surface area contributed by atoms with E-state index in [9.17, 15) is 14.5 Å². The van der Waals surface area contributed by atoms with E-state index in [2.05, 4.69) is 26.2 Å². The highest BCUT2D eigenvalue weighted by molar-refractivity contribution is 9.10. The minimum absolute atomic E-state index is 0.0517. The zero-order valence-electron chi connectivity index (χ0n) is 9.23. The number of halogens is 3. The molecule has 0 aliphatic rings. The van der Waals surface area contributed by atoms with Crippen molar-refractivity contribution in [3.8, 4) is 0 Å². The third-order valence-corrected chi connectivity index (χ3v) is 2.94. The van der Waals surface area contributed by atoms with Gasteiger partial charge in [0.2, 0.25) is 5.82 Å². The number of rotatable bonds is 3. The van der Waals surface area contributed by atoms with Gasteiger partial charge in [0.25, 0.3) is 0 Å². The molecule has 0 spiro atoms. The molecule has 0 saturated heterocycles. The summed E-state index contributed by atoms with van der Waals surface area (Å²) in [6, 6.07) is 5.22. The Morgan fingerprint density at radius 1 is 1.42 bits per heavy atom. The predicted octanol–water partition coefficient (Wildman–Crippen LogP) is 4.29. The average Bonchev–Trinajstić information content (AvgIpc) is 2.36. The lowest BCUT2D eigenvalue weighted by Gasteiger charge is -2.07. The predicted molar refractivity (Wildman–Crippen MR) is 73.3 cm³/mol. The lowest BCUT2D eigenvalue weighted by molar-refractivity contribution is -0.384. The summed E-state index contributed by atoms with van der Waals surface area (Å²) in [5.74, 6) is -0.513. The molecule has 98 valence electrons. The van der Waals surface area contributed by atoms with Crippen LogP contribution in [0, 0.1) is 15.9 Å². The van der Waals surface area contributed by atoms with Crippen molar-refractivity contribution < 1.29 is 9.31 Å². The molecule has 1 aromatic carbocycles. The largest absolute Gasteiger partial charge is 0.334 e. The van der Waals surface area contributed by atoms with Gasteiger partial charge in [-0.3, -0.25) is 10.1 Å². The molecular formula is C11H6BrClFN3O2. The highest BCUT2D eigenvalue weighted by Gasteiger charge is 2.16. The number of pyridine rings is 1. The summed E-state index contributed by atoms with van der Waals surface area (Å²) in [7, 11) is 0. The molecule has 19 heavy (non-hydrogen) atoms. The number of nitrogens with one attached hydrogen (secondary N) is 1. The van der Waals surface area contributed by atoms with Crippen molar-refractivity contribution in [1.82, 2.24) is 4.98 Å². The molecule has 2 aromatic rings. The number of anilines is 2. The molecule has 0 saturated carbocycles. The van der Waals surface area contributed by atoms with E-state index in [4.69, 9.17) is 11.6 Å². The van der Waals surface area contributed by atoms with Gasteiger partial charge in [-0.2, -0.15) is 0 Å². The summed E-state index contributed by atoms with van der Waals surface area (Å²) in [4.78, 5) is 14.3. The fraction of sp³-hybridized carbons (Fsp3) is 0. The van der Waals surface area contributed by atoms with Crippen molar-refractivity contribution in [3.63, 3.8) is 0 Å². The molecule has 0 fully saturated rings. The van der Waals surface area contributed by atoms with Gasteiger partial charge in [-0.25, -0.2) is 9.37 Å². The molecule has 0 bridgehead atoms. The minimum Gasteiger partial charge on any atom is -0.334 e. The van der Waals surface area contributed by atoms with E-state index in [1.807, 2.05) is 0 Å². The van der Waals surface area contributed by atoms with Crippen molar-refractivity contribution in [3.05, 3.63) is 55.9 Å². The number of hydrogen-bond donors (Lipinski definition) is 1. The smallest absolute Gasteiger partial charge is 0.312 e. The summed E-state index contributed by atoms with van der Waals surface area (Å²) >= 11 is 8.74. The topological polar surface area (TPSA) is 68.1 Å². The average molecular weight is 347 g/mol. The van der Waals surface area contributed by atoms with Crippen molar-refractivity contribution in [2.24, 2.45) is 0 Å². The second-order valence-electron chi connectivity index (χ2n) is 3.53. The van der Waals surface area contributed by atoms with Crippen LogP contribution in [0.4, 0.5) is 21.6 Å². The Labute approximate surface area is 120 Å². The summed E-state index contributed by atoms with van der Waals surface area (Å²) in [5.41, 5.74) is 0.208. The number of hydrogen-bond acceptors (Lipinski definition) is 4. The summed E-state index contributed by atoms with van der Waals surface area (Å²) in [6.07, 6.45) is 1.42. The van der Waals surface area contributed by atoms with Gasteiger partial charge in [0.1, 0.15) is 5.82 Å². The normalized spacial score (nSPS) is 10.3. The van der Waals surface area contributed by atoms with Gasteiger partial charge >= 0.3 is 5.69 Å². The molecule has 5 nitrogen and oxygen atoms in total. The molecule has 2 rings (SSSR count). The van der Waals surface area contributed by atoms with E-state index >= 15 is 0 Å². The Morgan fingerprint density at radius 2 is 2.16 bits per heavy atom. The van der Waals surface area contributed by atoms with E-state index in [1.54, 1.807) is 0 Å². The van der Waals surface area contributed by atoms with Crippen molar-refractivity contribution in [2.45, 2.75) is 0 Å². The third kappa shape index (κ3) is 3.18. The van der Waals surface area contributed by atoms with Gasteiger partial charge in [0, 0.05) is 22.4 Å². The Kier molecular flexibility index (Phi) is 3.96. The van der Waals surface area contributed by atoms with Crippen LogP contribution in [-0.2, 0) is 0 Å². The maximum atomic E-state index is 13.0. The van der Waals surface area contributed by atoms with Gasteiger partial charge in [-0.1, -0.05) is 11.6 Å². The van der Waals surface area contributed by atoms with Crippen LogP contribution >= 0.6 is 27.5 Å². The van der Waals surface area contributed by atoms with Gasteiger partial charge in [0.15, 0.2) is 0 Å². The Balaban J connectivity index is 2.37. The van der Waals surface area contributed by atoms with Crippen LogP contribution in [0.1, 0.15) is 0 Å². The minimum atomic E-state index is -0.564. The highest BCUT2D eigenvalue weighted by Crippen LogP contribution is 2.29. The van der Waals surface area contributed by atoms with E-state index < -0.39 is 10.7 Å². The lowest BCUT2D eigenvalue weighted by Crippen LogP contribution is -1.99. The maximum Gasteiger partial charge on any atom is 0.312 e. The molecule has 1 aromatic heterocycles. The van der Waals surface area contributed by atoms with E-state index in [-0.39, 0.29) is 16.5 Å². The molecule has 1 N–H and O–H groups in total. The second-order valence-corrected chi connectivity index (χ2v) is 4.86. The number of benzene rings is 1. The van der Waals surface area contributed by atoms with E-state index in [0.717, 1.165) is 6.07 Å². The molecule has 0 unspecified atom stereocenters. The molecular weight excluding hydrogens is 340 g/mol. The number of aromatic nitrogens is 1. The van der Waals surface area contributed by atoms with Crippen molar-refractivity contribution >= 4 is 44.7 Å². The van der Waals surface area contributed by atoms with Gasteiger partial charge in [-0.15, -0.1) is 0 Å². The Hall–Kier alpha value is -1.73. The van der Waals surface area contributed by atoms with Gasteiger partial charge < -0.3 is 5.32 Å². The third-order valence-electron chi connectivity index (χ3n) is 2.21. The lowest BCUT2D eigenvalue weighted by atomic mass is 10.3. The zero-order valence-corrected chi connectivity index (χ0v) is 11.6. The van der Waals surface area contributed by atoms with E-state index in [0.29, 0.717) is 10.2 Å². The van der Waals surface area contributed by atoms with Crippen LogP contribution in [0.2, 0.25) is 5.02 Å². The second kappa shape index (κ2) is 5.50. The van der Waals surface area contributed by atoms with Crippen LogP contribution in [0.3, 0.4) is 0 Å². The zero-order chi connectivity index (χ0) is 14.0. The van der Waals surface area contributed by atoms with Crippen molar-refractivity contribution in [2.75, 3.05) is 5.32 Å².